The third-order valence-electron chi connectivity index (χ3n) is 2.56. The van der Waals surface area contributed by atoms with Crippen molar-refractivity contribution >= 4 is 5.82 Å². The monoisotopic (exact) mass is 187 g/mol. The Balaban J connectivity index is 2.12. The Morgan fingerprint density at radius 2 is 2.00 bits per heavy atom. The maximum atomic E-state index is 8.64. The maximum Gasteiger partial charge on any atom is 0.128 e. The number of nitrogens with zero attached hydrogens (tertiary/aromatic N) is 3. The maximum absolute atomic E-state index is 8.64. The molecular formula is C11H13N3. The van der Waals surface area contributed by atoms with Crippen LogP contribution >= 0.6 is 0 Å². The highest BCUT2D eigenvalue weighted by Crippen LogP contribution is 2.16. The predicted molar refractivity (Wildman–Crippen MR) is 55.0 cm³/mol. The van der Waals surface area contributed by atoms with Crippen molar-refractivity contribution in [3.63, 3.8) is 0 Å². The van der Waals surface area contributed by atoms with Gasteiger partial charge in [-0.05, 0) is 31.4 Å². The molecule has 0 bridgehead atoms. The summed E-state index contributed by atoms with van der Waals surface area (Å²) in [5, 5.41) is 8.64. The quantitative estimate of drug-likeness (QED) is 0.674. The third kappa shape index (κ3) is 1.85. The van der Waals surface area contributed by atoms with Crippen molar-refractivity contribution in [1.82, 2.24) is 4.98 Å². The van der Waals surface area contributed by atoms with Crippen LogP contribution in [0.5, 0.6) is 0 Å². The zero-order valence-corrected chi connectivity index (χ0v) is 8.11. The lowest BCUT2D eigenvalue weighted by atomic mass is 10.1. The number of nitriles is 1. The zero-order chi connectivity index (χ0) is 9.80. The summed E-state index contributed by atoms with van der Waals surface area (Å²) in [6, 6.07) is 5.84. The summed E-state index contributed by atoms with van der Waals surface area (Å²) in [6.45, 7) is 2.19. The Kier molecular flexibility index (Phi) is 2.64. The van der Waals surface area contributed by atoms with Crippen molar-refractivity contribution in [3.05, 3.63) is 23.9 Å². The van der Waals surface area contributed by atoms with Gasteiger partial charge < -0.3 is 4.90 Å². The molecule has 3 heteroatoms. The molecule has 0 radical (unpaired) electrons. The van der Waals surface area contributed by atoms with Crippen LogP contribution in [0, 0.1) is 11.3 Å². The highest BCUT2D eigenvalue weighted by molar-refractivity contribution is 5.41. The Labute approximate surface area is 84.0 Å². The Hall–Kier alpha value is -1.56. The fraction of sp³-hybridized carbons (Fsp3) is 0.455. The van der Waals surface area contributed by atoms with E-state index >= 15 is 0 Å². The summed E-state index contributed by atoms with van der Waals surface area (Å²) >= 11 is 0. The van der Waals surface area contributed by atoms with Crippen LogP contribution in [0.25, 0.3) is 0 Å². The Morgan fingerprint density at radius 1 is 1.21 bits per heavy atom. The van der Waals surface area contributed by atoms with E-state index in [-0.39, 0.29) is 0 Å². The summed E-state index contributed by atoms with van der Waals surface area (Å²) in [4.78, 5) is 6.56. The topological polar surface area (TPSA) is 39.9 Å². The molecule has 0 saturated carbocycles. The van der Waals surface area contributed by atoms with Gasteiger partial charge in [0.25, 0.3) is 0 Å². The average Bonchev–Trinajstić information content (AvgIpc) is 2.30. The molecular weight excluding hydrogens is 174 g/mol. The second-order valence-electron chi connectivity index (χ2n) is 3.56. The first kappa shape index (κ1) is 9.01. The average molecular weight is 187 g/mol. The minimum absolute atomic E-state index is 0.630. The first-order chi connectivity index (χ1) is 6.90. The molecule has 3 nitrogen and oxygen atoms in total. The molecule has 1 fully saturated rings. The number of piperidine rings is 1. The second-order valence-corrected chi connectivity index (χ2v) is 3.56. The number of hydrogen-bond donors (Lipinski definition) is 0. The van der Waals surface area contributed by atoms with Gasteiger partial charge in [0.15, 0.2) is 0 Å². The van der Waals surface area contributed by atoms with Gasteiger partial charge in [-0.25, -0.2) is 4.98 Å². The Bertz CT molecular complexity index is 331. The predicted octanol–water partition coefficient (Wildman–Crippen LogP) is 1.94. The highest BCUT2D eigenvalue weighted by atomic mass is 15.2. The number of pyridine rings is 1. The van der Waals surface area contributed by atoms with E-state index in [4.69, 9.17) is 5.26 Å². The largest absolute Gasteiger partial charge is 0.357 e. The van der Waals surface area contributed by atoms with Gasteiger partial charge in [0.05, 0.1) is 5.56 Å². The van der Waals surface area contributed by atoms with Gasteiger partial charge >= 0.3 is 0 Å². The van der Waals surface area contributed by atoms with E-state index in [9.17, 15) is 0 Å². The van der Waals surface area contributed by atoms with Gasteiger partial charge in [0.1, 0.15) is 11.9 Å². The van der Waals surface area contributed by atoms with Crippen LogP contribution in [0.15, 0.2) is 18.3 Å². The highest BCUT2D eigenvalue weighted by Gasteiger charge is 2.11. The van der Waals surface area contributed by atoms with Crippen molar-refractivity contribution in [2.75, 3.05) is 18.0 Å². The third-order valence-corrected chi connectivity index (χ3v) is 2.56. The molecule has 0 unspecified atom stereocenters. The molecule has 0 spiro atoms. The van der Waals surface area contributed by atoms with Crippen LogP contribution in [0.4, 0.5) is 5.82 Å². The molecule has 0 aromatic carbocycles. The van der Waals surface area contributed by atoms with Crippen molar-refractivity contribution in [3.8, 4) is 6.07 Å². The molecule has 2 heterocycles. The van der Waals surface area contributed by atoms with Crippen molar-refractivity contribution in [2.45, 2.75) is 19.3 Å². The van der Waals surface area contributed by atoms with Crippen LogP contribution in [0.2, 0.25) is 0 Å². The van der Waals surface area contributed by atoms with E-state index in [1.54, 1.807) is 6.20 Å². The lowest BCUT2D eigenvalue weighted by molar-refractivity contribution is 0.573. The normalized spacial score (nSPS) is 16.4. The molecule has 1 aliphatic heterocycles. The molecule has 1 aliphatic rings. The SMILES string of the molecule is N#Cc1ccc(N2CCCCC2)nc1. The van der Waals surface area contributed by atoms with Gasteiger partial charge in [-0.2, -0.15) is 5.26 Å². The Morgan fingerprint density at radius 3 is 2.57 bits per heavy atom. The van der Waals surface area contributed by atoms with Gasteiger partial charge in [0, 0.05) is 19.3 Å². The summed E-state index contributed by atoms with van der Waals surface area (Å²) in [5.41, 5.74) is 0.630. The first-order valence-electron chi connectivity index (χ1n) is 5.01. The van der Waals surface area contributed by atoms with Gasteiger partial charge in [-0.3, -0.25) is 0 Å². The number of rotatable bonds is 1. The molecule has 1 saturated heterocycles. The van der Waals surface area contributed by atoms with E-state index in [1.165, 1.54) is 19.3 Å². The molecule has 1 aromatic heterocycles. The molecule has 72 valence electrons. The van der Waals surface area contributed by atoms with Crippen molar-refractivity contribution in [1.29, 1.82) is 5.26 Å². The van der Waals surface area contributed by atoms with Crippen LogP contribution < -0.4 is 4.90 Å². The van der Waals surface area contributed by atoms with Crippen LogP contribution in [-0.4, -0.2) is 18.1 Å². The van der Waals surface area contributed by atoms with E-state index in [0.29, 0.717) is 5.56 Å². The van der Waals surface area contributed by atoms with Crippen molar-refractivity contribution < 1.29 is 0 Å². The molecule has 2 rings (SSSR count). The first-order valence-corrected chi connectivity index (χ1v) is 5.01. The van der Waals surface area contributed by atoms with Crippen LogP contribution in [-0.2, 0) is 0 Å². The fourth-order valence-electron chi connectivity index (χ4n) is 1.76. The lowest BCUT2D eigenvalue weighted by Crippen LogP contribution is -2.29. The minimum atomic E-state index is 0.630. The van der Waals surface area contributed by atoms with E-state index < -0.39 is 0 Å². The summed E-state index contributed by atoms with van der Waals surface area (Å²) < 4.78 is 0. The molecule has 0 N–H and O–H groups in total. The van der Waals surface area contributed by atoms with Crippen LogP contribution in [0.1, 0.15) is 24.8 Å². The summed E-state index contributed by atoms with van der Waals surface area (Å²) in [6.07, 6.45) is 5.47. The number of anilines is 1. The summed E-state index contributed by atoms with van der Waals surface area (Å²) in [7, 11) is 0. The fourth-order valence-corrected chi connectivity index (χ4v) is 1.76. The molecule has 0 atom stereocenters. The number of aromatic nitrogens is 1. The zero-order valence-electron chi connectivity index (χ0n) is 8.11. The standard InChI is InChI=1S/C11H13N3/c12-8-10-4-5-11(13-9-10)14-6-2-1-3-7-14/h4-5,9H,1-3,6-7H2. The minimum Gasteiger partial charge on any atom is -0.357 e. The molecule has 0 aliphatic carbocycles. The van der Waals surface area contributed by atoms with Crippen molar-refractivity contribution in [2.24, 2.45) is 0 Å². The molecule has 1 aromatic rings. The molecule has 0 amide bonds. The van der Waals surface area contributed by atoms with Gasteiger partial charge in [0.2, 0.25) is 0 Å². The van der Waals surface area contributed by atoms with E-state index in [1.807, 2.05) is 12.1 Å². The summed E-state index contributed by atoms with van der Waals surface area (Å²) in [5.74, 6) is 1.00. The van der Waals surface area contributed by atoms with Gasteiger partial charge in [-0.1, -0.05) is 0 Å². The van der Waals surface area contributed by atoms with Gasteiger partial charge in [-0.15, -0.1) is 0 Å². The van der Waals surface area contributed by atoms with E-state index in [0.717, 1.165) is 18.9 Å². The van der Waals surface area contributed by atoms with E-state index in [2.05, 4.69) is 16.0 Å². The molecule has 14 heavy (non-hydrogen) atoms. The number of hydrogen-bond acceptors (Lipinski definition) is 3. The second kappa shape index (κ2) is 4.10. The van der Waals surface area contributed by atoms with Crippen LogP contribution in [0.3, 0.4) is 0 Å². The smallest absolute Gasteiger partial charge is 0.128 e. The lowest BCUT2D eigenvalue weighted by Gasteiger charge is -2.27.